The number of rotatable bonds is 7. The minimum absolute atomic E-state index is 0.848. The predicted octanol–water partition coefficient (Wildman–Crippen LogP) is 17.5. The molecular weight excluding hydrogens is 783 g/mol. The molecule has 0 bridgehead atoms. The molecule has 4 heteroatoms. The van der Waals surface area contributed by atoms with Gasteiger partial charge in [-0.2, -0.15) is 0 Å². The number of anilines is 3. The van der Waals surface area contributed by atoms with Crippen molar-refractivity contribution in [3.63, 3.8) is 0 Å². The minimum Gasteiger partial charge on any atom is -0.456 e. The summed E-state index contributed by atoms with van der Waals surface area (Å²) in [4.78, 5) is 2.32. The van der Waals surface area contributed by atoms with Crippen molar-refractivity contribution in [2.75, 3.05) is 4.90 Å². The molecule has 0 amide bonds. The van der Waals surface area contributed by atoms with Gasteiger partial charge in [0.1, 0.15) is 33.5 Å². The fourth-order valence-electron chi connectivity index (χ4n) is 9.60. The Morgan fingerprint density at radius 1 is 0.234 bits per heavy atom. The number of hydrogen-bond donors (Lipinski definition) is 0. The van der Waals surface area contributed by atoms with Crippen LogP contribution in [0.4, 0.5) is 17.1 Å². The Kier molecular flexibility index (Phi) is 8.18. The molecule has 0 saturated carbocycles. The molecule has 0 N–H and O–H groups in total. The third-order valence-electron chi connectivity index (χ3n) is 12.7. The SMILES string of the molecule is c1ccc(-c2ccc(N(c3ccc(-c4ccc5oc6ccccc6c5c4)cc3)c3ccc(-c4cccc5c4oc4c(-c6cccc7c6oc6ccccc67)cccc45)cc3)cc2)cc1. The summed E-state index contributed by atoms with van der Waals surface area (Å²) in [6, 6.07) is 79.1. The lowest BCUT2D eigenvalue weighted by Gasteiger charge is -2.26. The van der Waals surface area contributed by atoms with Crippen molar-refractivity contribution in [3.8, 4) is 44.5 Å². The molecule has 0 unspecified atom stereocenters. The van der Waals surface area contributed by atoms with Crippen LogP contribution < -0.4 is 4.90 Å². The Morgan fingerprint density at radius 3 is 1.27 bits per heavy atom. The van der Waals surface area contributed by atoms with Crippen LogP contribution in [0, 0.1) is 0 Å². The maximum absolute atomic E-state index is 6.94. The molecule has 0 radical (unpaired) electrons. The van der Waals surface area contributed by atoms with Crippen molar-refractivity contribution in [1.82, 2.24) is 0 Å². The number of para-hydroxylation sites is 5. The Bertz CT molecular complexity index is 3870. The van der Waals surface area contributed by atoms with Gasteiger partial charge in [-0.3, -0.25) is 0 Å². The van der Waals surface area contributed by atoms with E-state index in [1.807, 2.05) is 24.3 Å². The summed E-state index contributed by atoms with van der Waals surface area (Å²) >= 11 is 0. The van der Waals surface area contributed by atoms with Crippen molar-refractivity contribution in [2.45, 2.75) is 0 Å². The number of furan rings is 3. The van der Waals surface area contributed by atoms with Crippen molar-refractivity contribution in [3.05, 3.63) is 224 Å². The first-order chi connectivity index (χ1) is 31.7. The van der Waals surface area contributed by atoms with E-state index in [9.17, 15) is 0 Å². The summed E-state index contributed by atoms with van der Waals surface area (Å²) in [6.07, 6.45) is 0. The van der Waals surface area contributed by atoms with Crippen molar-refractivity contribution in [1.29, 1.82) is 0 Å². The first-order valence-electron chi connectivity index (χ1n) is 21.6. The zero-order valence-electron chi connectivity index (χ0n) is 34.5. The zero-order valence-corrected chi connectivity index (χ0v) is 34.5. The first kappa shape index (κ1) is 36.1. The molecule has 10 aromatic carbocycles. The van der Waals surface area contributed by atoms with E-state index in [0.717, 1.165) is 116 Å². The van der Waals surface area contributed by atoms with Gasteiger partial charge in [0.15, 0.2) is 0 Å². The second kappa shape index (κ2) is 14.5. The molecule has 3 heterocycles. The van der Waals surface area contributed by atoms with Gasteiger partial charge in [0.25, 0.3) is 0 Å². The third kappa shape index (κ3) is 5.84. The molecule has 0 fully saturated rings. The van der Waals surface area contributed by atoms with Crippen LogP contribution in [0.3, 0.4) is 0 Å². The molecular formula is C60H37NO3. The second-order valence-electron chi connectivity index (χ2n) is 16.4. The van der Waals surface area contributed by atoms with E-state index in [0.29, 0.717) is 0 Å². The molecule has 300 valence electrons. The number of benzene rings is 10. The van der Waals surface area contributed by atoms with Crippen molar-refractivity contribution < 1.29 is 13.3 Å². The van der Waals surface area contributed by atoms with Gasteiger partial charge in [0, 0.05) is 66.1 Å². The average molecular weight is 820 g/mol. The molecule has 4 nitrogen and oxygen atoms in total. The summed E-state index contributed by atoms with van der Waals surface area (Å²) in [5.74, 6) is 0. The van der Waals surface area contributed by atoms with E-state index >= 15 is 0 Å². The van der Waals surface area contributed by atoms with Gasteiger partial charge in [-0.25, -0.2) is 0 Å². The van der Waals surface area contributed by atoms with Crippen LogP contribution in [-0.2, 0) is 0 Å². The number of nitrogens with zero attached hydrogens (tertiary/aromatic N) is 1. The highest BCUT2D eigenvalue weighted by atomic mass is 16.3. The molecule has 0 spiro atoms. The van der Waals surface area contributed by atoms with Gasteiger partial charge in [0.05, 0.1) is 0 Å². The largest absolute Gasteiger partial charge is 0.456 e. The van der Waals surface area contributed by atoms with E-state index in [-0.39, 0.29) is 0 Å². The lowest BCUT2D eigenvalue weighted by atomic mass is 9.99. The van der Waals surface area contributed by atoms with Crippen LogP contribution >= 0.6 is 0 Å². The summed E-state index contributed by atoms with van der Waals surface area (Å²) < 4.78 is 19.5. The topological polar surface area (TPSA) is 42.7 Å². The highest BCUT2D eigenvalue weighted by Crippen LogP contribution is 2.44. The van der Waals surface area contributed by atoms with Gasteiger partial charge in [-0.15, -0.1) is 0 Å². The van der Waals surface area contributed by atoms with E-state index in [4.69, 9.17) is 13.3 Å². The Morgan fingerprint density at radius 2 is 0.641 bits per heavy atom. The Labute approximate surface area is 368 Å². The van der Waals surface area contributed by atoms with Crippen LogP contribution in [0.5, 0.6) is 0 Å². The molecule has 64 heavy (non-hydrogen) atoms. The van der Waals surface area contributed by atoms with Gasteiger partial charge in [-0.05, 0) is 88.5 Å². The normalized spacial score (nSPS) is 11.8. The first-order valence-corrected chi connectivity index (χ1v) is 21.6. The molecule has 0 aliphatic rings. The molecule has 3 aromatic heterocycles. The fourth-order valence-corrected chi connectivity index (χ4v) is 9.60. The molecule has 0 atom stereocenters. The van der Waals surface area contributed by atoms with E-state index in [2.05, 4.69) is 205 Å². The average Bonchev–Trinajstić information content (AvgIpc) is 4.06. The van der Waals surface area contributed by atoms with Gasteiger partial charge >= 0.3 is 0 Å². The minimum atomic E-state index is 0.848. The van der Waals surface area contributed by atoms with Crippen LogP contribution in [0.2, 0.25) is 0 Å². The van der Waals surface area contributed by atoms with E-state index < -0.39 is 0 Å². The monoisotopic (exact) mass is 819 g/mol. The van der Waals surface area contributed by atoms with Gasteiger partial charge in [-0.1, -0.05) is 164 Å². The summed E-state index contributed by atoms with van der Waals surface area (Å²) in [5, 5.41) is 6.61. The fraction of sp³-hybridized carbons (Fsp3) is 0. The van der Waals surface area contributed by atoms with Gasteiger partial charge in [0.2, 0.25) is 0 Å². The summed E-state index contributed by atoms with van der Waals surface area (Å²) in [7, 11) is 0. The highest BCUT2D eigenvalue weighted by Gasteiger charge is 2.20. The summed E-state index contributed by atoms with van der Waals surface area (Å²) in [5.41, 5.74) is 17.2. The number of fused-ring (bicyclic) bond motifs is 9. The third-order valence-corrected chi connectivity index (χ3v) is 12.7. The molecule has 0 saturated heterocycles. The number of hydrogen-bond acceptors (Lipinski definition) is 4. The lowest BCUT2D eigenvalue weighted by molar-refractivity contribution is 0.665. The van der Waals surface area contributed by atoms with Crippen LogP contribution in [0.15, 0.2) is 238 Å². The van der Waals surface area contributed by atoms with Crippen molar-refractivity contribution >= 4 is 82.9 Å². The zero-order chi connectivity index (χ0) is 42.1. The maximum atomic E-state index is 6.94. The van der Waals surface area contributed by atoms with Crippen LogP contribution in [0.1, 0.15) is 0 Å². The van der Waals surface area contributed by atoms with Crippen LogP contribution in [0.25, 0.3) is 110 Å². The second-order valence-corrected chi connectivity index (χ2v) is 16.4. The quantitative estimate of drug-likeness (QED) is 0.161. The predicted molar refractivity (Wildman–Crippen MR) is 265 cm³/mol. The molecule has 0 aliphatic heterocycles. The van der Waals surface area contributed by atoms with E-state index in [1.54, 1.807) is 0 Å². The lowest BCUT2D eigenvalue weighted by Crippen LogP contribution is -2.09. The Balaban J connectivity index is 0.888. The molecule has 13 aromatic rings. The standard InChI is InChI=1S/C60H37NO3/c1-2-11-38(12-3-1)39-23-30-43(31-24-39)61(44-32-25-40(26-33-44)42-29-36-57-54(37-42)48-14-5-6-21-55(48)62-57)45-34-27-41(28-35-45)46-15-8-17-50-52-19-10-20-53(60(52)64-58(46)50)51-18-9-16-49-47-13-4-7-22-56(47)63-59(49)51/h1-37H. The molecule has 0 aliphatic carbocycles. The van der Waals surface area contributed by atoms with E-state index in [1.165, 1.54) is 11.1 Å². The highest BCUT2D eigenvalue weighted by molar-refractivity contribution is 6.16. The summed E-state index contributed by atoms with van der Waals surface area (Å²) in [6.45, 7) is 0. The van der Waals surface area contributed by atoms with Gasteiger partial charge < -0.3 is 18.2 Å². The van der Waals surface area contributed by atoms with Crippen LogP contribution in [-0.4, -0.2) is 0 Å². The van der Waals surface area contributed by atoms with Crippen molar-refractivity contribution in [2.24, 2.45) is 0 Å². The molecule has 13 rings (SSSR count). The maximum Gasteiger partial charge on any atom is 0.143 e. The smallest absolute Gasteiger partial charge is 0.143 e. The Hall–Kier alpha value is -8.60.